The summed E-state index contributed by atoms with van der Waals surface area (Å²) >= 11 is 1.44. The molecule has 23 heavy (non-hydrogen) atoms. The van der Waals surface area contributed by atoms with Crippen LogP contribution in [0.2, 0.25) is 0 Å². The molecule has 0 aliphatic carbocycles. The summed E-state index contributed by atoms with van der Waals surface area (Å²) in [5.41, 5.74) is 3.81. The Morgan fingerprint density at radius 1 is 1.22 bits per heavy atom. The van der Waals surface area contributed by atoms with Gasteiger partial charge in [-0.1, -0.05) is 42.5 Å². The molecule has 1 aliphatic rings. The average Bonchev–Trinajstić information content (AvgIpc) is 3.02. The van der Waals surface area contributed by atoms with Gasteiger partial charge in [-0.3, -0.25) is 9.69 Å². The molecule has 5 heteroatoms. The first kappa shape index (κ1) is 15.9. The minimum atomic E-state index is 0.129. The van der Waals surface area contributed by atoms with Crippen LogP contribution in [0.25, 0.3) is 6.08 Å². The molecule has 0 radical (unpaired) electrons. The van der Waals surface area contributed by atoms with Crippen LogP contribution in [0.4, 0.5) is 0 Å². The van der Waals surface area contributed by atoms with E-state index >= 15 is 0 Å². The standard InChI is InChI=1S/C18H21N3OS/c1-15-17(23-14-19-15)18(22)21-12-10-20(11-13-21)9-5-8-16-6-3-2-4-7-16/h2-8,14H,9-13H2,1H3/b8-5+. The van der Waals surface area contributed by atoms with Crippen LogP contribution >= 0.6 is 11.3 Å². The SMILES string of the molecule is Cc1ncsc1C(=O)N1CCN(C/C=C/c2ccccc2)CC1. The molecule has 1 saturated heterocycles. The van der Waals surface area contributed by atoms with Gasteiger partial charge in [-0.05, 0) is 12.5 Å². The fourth-order valence-electron chi connectivity index (χ4n) is 2.69. The van der Waals surface area contributed by atoms with Crippen LogP contribution < -0.4 is 0 Å². The lowest BCUT2D eigenvalue weighted by Gasteiger charge is -2.34. The van der Waals surface area contributed by atoms with Crippen molar-refractivity contribution in [3.63, 3.8) is 0 Å². The van der Waals surface area contributed by atoms with Gasteiger partial charge in [0.2, 0.25) is 0 Å². The lowest BCUT2D eigenvalue weighted by molar-refractivity contribution is 0.0654. The topological polar surface area (TPSA) is 36.4 Å². The molecule has 2 heterocycles. The van der Waals surface area contributed by atoms with E-state index in [1.165, 1.54) is 16.9 Å². The molecule has 3 rings (SSSR count). The Balaban J connectivity index is 1.48. The molecule has 0 atom stereocenters. The Hall–Kier alpha value is -1.98. The predicted molar refractivity (Wildman–Crippen MR) is 94.7 cm³/mol. The van der Waals surface area contributed by atoms with E-state index in [0.29, 0.717) is 0 Å². The van der Waals surface area contributed by atoms with Crippen molar-refractivity contribution in [2.24, 2.45) is 0 Å². The van der Waals surface area contributed by atoms with E-state index in [-0.39, 0.29) is 5.91 Å². The maximum absolute atomic E-state index is 12.5. The van der Waals surface area contributed by atoms with Crippen LogP contribution in [0.5, 0.6) is 0 Å². The molecule has 1 aromatic carbocycles. The highest BCUT2D eigenvalue weighted by Crippen LogP contribution is 2.16. The number of carbonyl (C=O) groups is 1. The number of piperazine rings is 1. The van der Waals surface area contributed by atoms with Crippen LogP contribution in [0.3, 0.4) is 0 Å². The molecule has 1 amide bonds. The van der Waals surface area contributed by atoms with Crippen molar-refractivity contribution in [2.75, 3.05) is 32.7 Å². The van der Waals surface area contributed by atoms with Crippen molar-refractivity contribution < 1.29 is 4.79 Å². The molecular weight excluding hydrogens is 306 g/mol. The first-order chi connectivity index (χ1) is 11.2. The molecule has 0 N–H and O–H groups in total. The number of rotatable bonds is 4. The van der Waals surface area contributed by atoms with Gasteiger partial charge in [-0.15, -0.1) is 11.3 Å². The molecule has 0 saturated carbocycles. The Kier molecular flexibility index (Phi) is 5.20. The maximum Gasteiger partial charge on any atom is 0.265 e. The number of benzene rings is 1. The van der Waals surface area contributed by atoms with Gasteiger partial charge in [-0.2, -0.15) is 0 Å². The van der Waals surface area contributed by atoms with E-state index in [1.54, 1.807) is 5.51 Å². The summed E-state index contributed by atoms with van der Waals surface area (Å²) in [7, 11) is 0. The summed E-state index contributed by atoms with van der Waals surface area (Å²) in [5.74, 6) is 0.129. The molecule has 0 bridgehead atoms. The quantitative estimate of drug-likeness (QED) is 0.866. The van der Waals surface area contributed by atoms with Crippen molar-refractivity contribution in [2.45, 2.75) is 6.92 Å². The second kappa shape index (κ2) is 7.53. The van der Waals surface area contributed by atoms with Crippen molar-refractivity contribution in [3.8, 4) is 0 Å². The fourth-order valence-corrected chi connectivity index (χ4v) is 3.46. The number of aryl methyl sites for hydroxylation is 1. The van der Waals surface area contributed by atoms with E-state index in [4.69, 9.17) is 0 Å². The maximum atomic E-state index is 12.5. The summed E-state index contributed by atoms with van der Waals surface area (Å²) in [6.07, 6.45) is 4.35. The zero-order chi connectivity index (χ0) is 16.1. The van der Waals surface area contributed by atoms with E-state index in [0.717, 1.165) is 43.3 Å². The first-order valence-electron chi connectivity index (χ1n) is 7.87. The van der Waals surface area contributed by atoms with Crippen molar-refractivity contribution >= 4 is 23.3 Å². The summed E-state index contributed by atoms with van der Waals surface area (Å²) < 4.78 is 0. The number of aromatic nitrogens is 1. The highest BCUT2D eigenvalue weighted by molar-refractivity contribution is 7.11. The zero-order valence-corrected chi connectivity index (χ0v) is 14.1. The Labute approximate surface area is 141 Å². The van der Waals surface area contributed by atoms with E-state index < -0.39 is 0 Å². The van der Waals surface area contributed by atoms with Crippen LogP contribution in [-0.2, 0) is 0 Å². The molecular formula is C18H21N3OS. The van der Waals surface area contributed by atoms with E-state index in [9.17, 15) is 4.79 Å². The van der Waals surface area contributed by atoms with Gasteiger partial charge in [0.1, 0.15) is 4.88 Å². The molecule has 1 fully saturated rings. The molecule has 120 valence electrons. The normalized spacial score (nSPS) is 16.1. The van der Waals surface area contributed by atoms with E-state index in [1.807, 2.05) is 30.0 Å². The molecule has 0 spiro atoms. The van der Waals surface area contributed by atoms with Gasteiger partial charge in [0, 0.05) is 32.7 Å². The van der Waals surface area contributed by atoms with Crippen molar-refractivity contribution in [1.29, 1.82) is 0 Å². The molecule has 1 aliphatic heterocycles. The molecule has 2 aromatic rings. The smallest absolute Gasteiger partial charge is 0.265 e. The zero-order valence-electron chi connectivity index (χ0n) is 13.3. The third kappa shape index (κ3) is 4.06. The molecule has 1 aromatic heterocycles. The summed E-state index contributed by atoms with van der Waals surface area (Å²) in [6.45, 7) is 6.24. The third-order valence-electron chi connectivity index (χ3n) is 4.07. The summed E-state index contributed by atoms with van der Waals surface area (Å²) in [5, 5.41) is 0. The van der Waals surface area contributed by atoms with Gasteiger partial charge in [0.15, 0.2) is 0 Å². The first-order valence-corrected chi connectivity index (χ1v) is 8.75. The average molecular weight is 327 g/mol. The number of hydrogen-bond donors (Lipinski definition) is 0. The largest absolute Gasteiger partial charge is 0.335 e. The second-order valence-corrected chi connectivity index (χ2v) is 6.53. The lowest BCUT2D eigenvalue weighted by Crippen LogP contribution is -2.48. The van der Waals surface area contributed by atoms with Gasteiger partial charge in [-0.25, -0.2) is 4.98 Å². The van der Waals surface area contributed by atoms with Crippen molar-refractivity contribution in [3.05, 3.63) is 58.1 Å². The highest BCUT2D eigenvalue weighted by Gasteiger charge is 2.23. The minimum Gasteiger partial charge on any atom is -0.335 e. The third-order valence-corrected chi connectivity index (χ3v) is 4.99. The second-order valence-electron chi connectivity index (χ2n) is 5.67. The number of carbonyl (C=O) groups excluding carboxylic acids is 1. The summed E-state index contributed by atoms with van der Waals surface area (Å²) in [4.78, 5) is 21.7. The van der Waals surface area contributed by atoms with Crippen LogP contribution in [0.1, 0.15) is 20.9 Å². The minimum absolute atomic E-state index is 0.129. The molecule has 4 nitrogen and oxygen atoms in total. The molecule has 0 unspecified atom stereocenters. The van der Waals surface area contributed by atoms with Crippen molar-refractivity contribution in [1.82, 2.24) is 14.8 Å². The highest BCUT2D eigenvalue weighted by atomic mass is 32.1. The van der Waals surface area contributed by atoms with E-state index in [2.05, 4.69) is 34.2 Å². The lowest BCUT2D eigenvalue weighted by atomic mass is 10.2. The van der Waals surface area contributed by atoms with Crippen LogP contribution in [0, 0.1) is 6.92 Å². The van der Waals surface area contributed by atoms with Gasteiger partial charge in [0.25, 0.3) is 5.91 Å². The predicted octanol–water partition coefficient (Wildman–Crippen LogP) is 2.92. The van der Waals surface area contributed by atoms with Crippen LogP contribution in [0.15, 0.2) is 41.9 Å². The van der Waals surface area contributed by atoms with Gasteiger partial charge >= 0.3 is 0 Å². The summed E-state index contributed by atoms with van der Waals surface area (Å²) in [6, 6.07) is 10.3. The van der Waals surface area contributed by atoms with Crippen LogP contribution in [-0.4, -0.2) is 53.4 Å². The van der Waals surface area contributed by atoms with Gasteiger partial charge < -0.3 is 4.90 Å². The Bertz CT molecular complexity index is 673. The number of nitrogens with zero attached hydrogens (tertiary/aromatic N) is 3. The number of hydrogen-bond acceptors (Lipinski definition) is 4. The Morgan fingerprint density at radius 2 is 1.96 bits per heavy atom. The van der Waals surface area contributed by atoms with Gasteiger partial charge in [0.05, 0.1) is 11.2 Å². The monoisotopic (exact) mass is 327 g/mol. The Morgan fingerprint density at radius 3 is 2.61 bits per heavy atom. The number of thiazole rings is 1. The fraction of sp³-hybridized carbons (Fsp3) is 0.333. The number of amides is 1.